The molecule has 0 radical (unpaired) electrons. The molecule has 2 aromatic heterocycles. The molecule has 3 rings (SSSR count). The topological polar surface area (TPSA) is 46.2 Å². The van der Waals surface area contributed by atoms with Crippen LogP contribution in [0.2, 0.25) is 0 Å². The van der Waals surface area contributed by atoms with E-state index >= 15 is 0 Å². The number of aryl methyl sites for hydroxylation is 2. The van der Waals surface area contributed by atoms with Crippen molar-refractivity contribution in [1.82, 2.24) is 19.8 Å². The summed E-state index contributed by atoms with van der Waals surface area (Å²) < 4.78 is 8.14. The number of hydrogen-bond donors (Lipinski definition) is 1. The van der Waals surface area contributed by atoms with Crippen LogP contribution in [0.4, 0.5) is 0 Å². The molecule has 0 saturated carbocycles. The molecule has 0 bridgehead atoms. The van der Waals surface area contributed by atoms with Gasteiger partial charge in [-0.3, -0.25) is 4.90 Å². The SMILES string of the molecule is CCn1cncc1CN(Cc1ccc(C)o1)C1CC(C)(C)NC(C)(C)C1. The van der Waals surface area contributed by atoms with Crippen molar-refractivity contribution in [1.29, 1.82) is 0 Å². The molecule has 0 aromatic carbocycles. The van der Waals surface area contributed by atoms with Crippen LogP contribution < -0.4 is 5.32 Å². The van der Waals surface area contributed by atoms with E-state index in [0.29, 0.717) is 6.04 Å². The maximum atomic E-state index is 5.90. The molecule has 3 heterocycles. The number of nitrogens with zero attached hydrogens (tertiary/aromatic N) is 3. The van der Waals surface area contributed by atoms with Gasteiger partial charge in [0.15, 0.2) is 0 Å². The maximum Gasteiger partial charge on any atom is 0.118 e. The summed E-state index contributed by atoms with van der Waals surface area (Å²) in [6.45, 7) is 16.1. The monoisotopic (exact) mass is 358 g/mol. The Bertz CT molecular complexity index is 712. The molecule has 0 aliphatic carbocycles. The van der Waals surface area contributed by atoms with Gasteiger partial charge in [-0.1, -0.05) is 0 Å². The van der Waals surface area contributed by atoms with Crippen molar-refractivity contribution in [2.24, 2.45) is 0 Å². The van der Waals surface area contributed by atoms with Crippen LogP contribution in [-0.2, 0) is 19.6 Å². The van der Waals surface area contributed by atoms with Crippen LogP contribution >= 0.6 is 0 Å². The average Bonchev–Trinajstić information content (AvgIpc) is 3.12. The average molecular weight is 359 g/mol. The molecule has 0 unspecified atom stereocenters. The number of nitrogens with one attached hydrogen (secondary N) is 1. The predicted octanol–water partition coefficient (Wildman–Crippen LogP) is 4.12. The predicted molar refractivity (Wildman–Crippen MR) is 105 cm³/mol. The first-order valence-electron chi connectivity index (χ1n) is 9.75. The number of furan rings is 1. The second-order valence-corrected chi connectivity index (χ2v) is 9.04. The molecule has 1 fully saturated rings. The minimum Gasteiger partial charge on any atom is -0.465 e. The Labute approximate surface area is 157 Å². The molecule has 0 spiro atoms. The second-order valence-electron chi connectivity index (χ2n) is 9.04. The normalized spacial score (nSPS) is 20.0. The molecule has 26 heavy (non-hydrogen) atoms. The third-order valence-electron chi connectivity index (χ3n) is 5.34. The van der Waals surface area contributed by atoms with Gasteiger partial charge in [-0.15, -0.1) is 0 Å². The molecule has 1 N–H and O–H groups in total. The number of hydrogen-bond acceptors (Lipinski definition) is 4. The van der Waals surface area contributed by atoms with Gasteiger partial charge < -0.3 is 14.3 Å². The van der Waals surface area contributed by atoms with Crippen LogP contribution in [0.15, 0.2) is 29.1 Å². The van der Waals surface area contributed by atoms with Crippen LogP contribution in [0.25, 0.3) is 0 Å². The molecular weight excluding hydrogens is 324 g/mol. The number of rotatable bonds is 6. The summed E-state index contributed by atoms with van der Waals surface area (Å²) in [5.41, 5.74) is 1.51. The summed E-state index contributed by atoms with van der Waals surface area (Å²) >= 11 is 0. The highest BCUT2D eigenvalue weighted by molar-refractivity contribution is 5.08. The molecule has 2 aromatic rings. The van der Waals surface area contributed by atoms with Crippen LogP contribution in [0, 0.1) is 6.92 Å². The van der Waals surface area contributed by atoms with Crippen LogP contribution in [0.1, 0.15) is 64.7 Å². The first-order chi connectivity index (χ1) is 12.2. The quantitative estimate of drug-likeness (QED) is 0.844. The van der Waals surface area contributed by atoms with E-state index in [9.17, 15) is 0 Å². The highest BCUT2D eigenvalue weighted by atomic mass is 16.3. The van der Waals surface area contributed by atoms with Crippen molar-refractivity contribution in [3.8, 4) is 0 Å². The van der Waals surface area contributed by atoms with Crippen molar-refractivity contribution in [2.45, 2.75) is 91.1 Å². The summed E-state index contributed by atoms with van der Waals surface area (Å²) in [5.74, 6) is 2.02. The zero-order valence-corrected chi connectivity index (χ0v) is 17.2. The van der Waals surface area contributed by atoms with E-state index in [4.69, 9.17) is 4.42 Å². The smallest absolute Gasteiger partial charge is 0.118 e. The van der Waals surface area contributed by atoms with E-state index in [-0.39, 0.29) is 11.1 Å². The van der Waals surface area contributed by atoms with Gasteiger partial charge >= 0.3 is 0 Å². The highest BCUT2D eigenvalue weighted by Crippen LogP contribution is 2.33. The van der Waals surface area contributed by atoms with Crippen LogP contribution in [0.5, 0.6) is 0 Å². The van der Waals surface area contributed by atoms with Crippen molar-refractivity contribution in [3.63, 3.8) is 0 Å². The fourth-order valence-corrected chi connectivity index (χ4v) is 4.58. The fourth-order valence-electron chi connectivity index (χ4n) is 4.58. The van der Waals surface area contributed by atoms with Crippen molar-refractivity contribution >= 4 is 0 Å². The summed E-state index contributed by atoms with van der Waals surface area (Å²) in [7, 11) is 0. The van der Waals surface area contributed by atoms with Gasteiger partial charge in [0.1, 0.15) is 11.5 Å². The van der Waals surface area contributed by atoms with E-state index in [0.717, 1.165) is 44.0 Å². The molecule has 0 atom stereocenters. The Morgan fingerprint density at radius 2 is 1.88 bits per heavy atom. The van der Waals surface area contributed by atoms with E-state index in [2.05, 4.69) is 66.5 Å². The minimum atomic E-state index is 0.120. The zero-order chi connectivity index (χ0) is 18.9. The molecule has 1 aliphatic rings. The Balaban J connectivity index is 1.86. The highest BCUT2D eigenvalue weighted by Gasteiger charge is 2.40. The van der Waals surface area contributed by atoms with E-state index in [1.807, 2.05) is 19.4 Å². The Morgan fingerprint density at radius 3 is 2.46 bits per heavy atom. The fraction of sp³-hybridized carbons (Fsp3) is 0.667. The summed E-state index contributed by atoms with van der Waals surface area (Å²) in [6, 6.07) is 4.66. The third-order valence-corrected chi connectivity index (χ3v) is 5.34. The van der Waals surface area contributed by atoms with E-state index in [1.54, 1.807) is 0 Å². The Morgan fingerprint density at radius 1 is 1.19 bits per heavy atom. The van der Waals surface area contributed by atoms with Gasteiger partial charge in [-0.05, 0) is 66.5 Å². The van der Waals surface area contributed by atoms with Gasteiger partial charge in [-0.25, -0.2) is 4.98 Å². The number of piperidine rings is 1. The molecule has 0 amide bonds. The van der Waals surface area contributed by atoms with Gasteiger partial charge in [0.2, 0.25) is 0 Å². The summed E-state index contributed by atoms with van der Waals surface area (Å²) in [4.78, 5) is 6.94. The van der Waals surface area contributed by atoms with Crippen LogP contribution in [0.3, 0.4) is 0 Å². The molecule has 1 aliphatic heterocycles. The lowest BCUT2D eigenvalue weighted by atomic mass is 9.79. The largest absolute Gasteiger partial charge is 0.465 e. The molecule has 144 valence electrons. The molecule has 5 nitrogen and oxygen atoms in total. The molecular formula is C21H34N4O. The van der Waals surface area contributed by atoms with Gasteiger partial charge in [-0.2, -0.15) is 0 Å². The Kier molecular flexibility index (Phi) is 5.31. The maximum absolute atomic E-state index is 5.90. The molecule has 5 heteroatoms. The lowest BCUT2D eigenvalue weighted by molar-refractivity contribution is 0.0507. The second kappa shape index (κ2) is 7.20. The lowest BCUT2D eigenvalue weighted by Gasteiger charge is -2.49. The van der Waals surface area contributed by atoms with Gasteiger partial charge in [0.05, 0.1) is 18.6 Å². The van der Waals surface area contributed by atoms with Gasteiger partial charge in [0.25, 0.3) is 0 Å². The summed E-state index contributed by atoms with van der Waals surface area (Å²) in [5, 5.41) is 3.80. The first kappa shape index (κ1) is 19.2. The van der Waals surface area contributed by atoms with Crippen molar-refractivity contribution in [3.05, 3.63) is 41.9 Å². The number of imidazole rings is 1. The first-order valence-corrected chi connectivity index (χ1v) is 9.75. The molecule has 1 saturated heterocycles. The lowest BCUT2D eigenvalue weighted by Crippen LogP contribution is -2.62. The van der Waals surface area contributed by atoms with E-state index in [1.165, 1.54) is 5.69 Å². The minimum absolute atomic E-state index is 0.120. The number of aromatic nitrogens is 2. The van der Waals surface area contributed by atoms with Crippen molar-refractivity contribution in [2.75, 3.05) is 0 Å². The van der Waals surface area contributed by atoms with E-state index < -0.39 is 0 Å². The third kappa shape index (κ3) is 4.57. The van der Waals surface area contributed by atoms with Crippen molar-refractivity contribution < 1.29 is 4.42 Å². The summed E-state index contributed by atoms with van der Waals surface area (Å²) in [6.07, 6.45) is 6.18. The standard InChI is InChI=1S/C21H34N4O/c1-7-24-15-22-12-18(24)13-25(14-19-9-8-16(2)26-19)17-10-20(3,4)23-21(5,6)11-17/h8-9,12,15,17,23H,7,10-11,13-14H2,1-6H3. The van der Waals surface area contributed by atoms with Crippen LogP contribution in [-0.4, -0.2) is 31.6 Å². The zero-order valence-electron chi connectivity index (χ0n) is 17.2. The Hall–Kier alpha value is -1.59. The van der Waals surface area contributed by atoms with Gasteiger partial charge in [0, 0.05) is 36.4 Å².